The van der Waals surface area contributed by atoms with Crippen LogP contribution in [-0.2, 0) is 11.3 Å². The second-order valence-electron chi connectivity index (χ2n) is 5.55. The van der Waals surface area contributed by atoms with Crippen molar-refractivity contribution in [2.75, 3.05) is 0 Å². The van der Waals surface area contributed by atoms with Gasteiger partial charge < -0.3 is 10.4 Å². The Balaban J connectivity index is 1.62. The Morgan fingerprint density at radius 1 is 1.29 bits per heavy atom. The summed E-state index contributed by atoms with van der Waals surface area (Å²) in [4.78, 5) is 12.0. The molecule has 0 bridgehead atoms. The zero-order valence-electron chi connectivity index (χ0n) is 11.8. The molecule has 21 heavy (non-hydrogen) atoms. The number of carbonyl (C=O) groups excluding carboxylic acids is 1. The molecule has 1 fully saturated rings. The molecule has 0 saturated heterocycles. The lowest BCUT2D eigenvalue weighted by Gasteiger charge is -2.20. The molecule has 1 heterocycles. The van der Waals surface area contributed by atoms with Gasteiger partial charge in [0.05, 0.1) is 11.9 Å². The molecule has 1 saturated carbocycles. The van der Waals surface area contributed by atoms with E-state index in [9.17, 15) is 9.90 Å². The topological polar surface area (TPSA) is 67.2 Å². The first-order valence-electron chi connectivity index (χ1n) is 7.27. The Morgan fingerprint density at radius 3 is 2.71 bits per heavy atom. The maximum atomic E-state index is 12.0. The highest BCUT2D eigenvalue weighted by Gasteiger charge is 2.38. The number of carbonyl (C=O) groups is 1. The summed E-state index contributed by atoms with van der Waals surface area (Å²) >= 11 is 0. The van der Waals surface area contributed by atoms with Gasteiger partial charge in [-0.15, -0.1) is 0 Å². The number of hydrogen-bond acceptors (Lipinski definition) is 3. The van der Waals surface area contributed by atoms with Gasteiger partial charge in [0.1, 0.15) is 5.60 Å². The van der Waals surface area contributed by atoms with E-state index in [0.717, 1.165) is 24.1 Å². The van der Waals surface area contributed by atoms with Crippen LogP contribution in [0.2, 0.25) is 0 Å². The molecular weight excluding hydrogens is 266 g/mol. The van der Waals surface area contributed by atoms with Crippen molar-refractivity contribution in [2.45, 2.75) is 37.8 Å². The van der Waals surface area contributed by atoms with Crippen LogP contribution < -0.4 is 5.32 Å². The Bertz CT molecular complexity index is 615. The molecule has 2 aromatic rings. The van der Waals surface area contributed by atoms with E-state index in [1.165, 1.54) is 0 Å². The number of nitrogens with one attached hydrogen (secondary N) is 1. The van der Waals surface area contributed by atoms with Crippen molar-refractivity contribution in [3.05, 3.63) is 48.3 Å². The fraction of sp³-hybridized carbons (Fsp3) is 0.375. The molecule has 0 aliphatic heterocycles. The van der Waals surface area contributed by atoms with Gasteiger partial charge >= 0.3 is 0 Å². The Labute approximate surface area is 123 Å². The molecule has 5 nitrogen and oxygen atoms in total. The molecule has 2 N–H and O–H groups in total. The predicted molar refractivity (Wildman–Crippen MR) is 78.8 cm³/mol. The summed E-state index contributed by atoms with van der Waals surface area (Å²) in [6.45, 7) is 0.383. The summed E-state index contributed by atoms with van der Waals surface area (Å²) < 4.78 is 1.77. The van der Waals surface area contributed by atoms with E-state index in [1.807, 2.05) is 36.5 Å². The van der Waals surface area contributed by atoms with Crippen molar-refractivity contribution < 1.29 is 9.90 Å². The summed E-state index contributed by atoms with van der Waals surface area (Å²) in [5.74, 6) is -0.271. The van der Waals surface area contributed by atoms with Crippen LogP contribution in [0.1, 0.15) is 31.2 Å². The molecule has 1 aliphatic rings. The number of aromatic nitrogens is 2. The van der Waals surface area contributed by atoms with Crippen molar-refractivity contribution in [3.63, 3.8) is 0 Å². The van der Waals surface area contributed by atoms with E-state index in [1.54, 1.807) is 10.9 Å². The minimum atomic E-state index is -1.17. The SMILES string of the molecule is O=C(NCc1cnn(-c2ccccc2)c1)C1(O)CCCC1. The van der Waals surface area contributed by atoms with Gasteiger partial charge in [0.2, 0.25) is 0 Å². The van der Waals surface area contributed by atoms with Crippen molar-refractivity contribution in [3.8, 4) is 5.69 Å². The zero-order chi connectivity index (χ0) is 14.7. The summed E-state index contributed by atoms with van der Waals surface area (Å²) in [5, 5.41) is 17.3. The molecule has 3 rings (SSSR count). The standard InChI is InChI=1S/C16H19N3O2/c20-15(16(21)8-4-5-9-16)17-10-13-11-18-19(12-13)14-6-2-1-3-7-14/h1-3,6-7,11-12,21H,4-5,8-10H2,(H,17,20). The second kappa shape index (κ2) is 5.69. The molecular formula is C16H19N3O2. The van der Waals surface area contributed by atoms with E-state index >= 15 is 0 Å². The number of amides is 1. The number of aliphatic hydroxyl groups is 1. The lowest BCUT2D eigenvalue weighted by atomic mass is 10.0. The lowest BCUT2D eigenvalue weighted by Crippen LogP contribution is -2.44. The van der Waals surface area contributed by atoms with E-state index in [-0.39, 0.29) is 5.91 Å². The van der Waals surface area contributed by atoms with Gasteiger partial charge in [-0.25, -0.2) is 4.68 Å². The Morgan fingerprint density at radius 2 is 2.00 bits per heavy atom. The van der Waals surface area contributed by atoms with Gasteiger partial charge in [0.15, 0.2) is 0 Å². The average Bonchev–Trinajstić information content (AvgIpc) is 3.15. The first kappa shape index (κ1) is 13.8. The van der Waals surface area contributed by atoms with E-state index in [4.69, 9.17) is 0 Å². The van der Waals surface area contributed by atoms with Crippen LogP contribution >= 0.6 is 0 Å². The second-order valence-corrected chi connectivity index (χ2v) is 5.55. The van der Waals surface area contributed by atoms with Crippen LogP contribution in [0, 0.1) is 0 Å². The van der Waals surface area contributed by atoms with Gasteiger partial charge in [-0.2, -0.15) is 5.10 Å². The number of rotatable bonds is 4. The number of benzene rings is 1. The minimum absolute atomic E-state index is 0.271. The molecule has 1 aliphatic carbocycles. The predicted octanol–water partition coefficient (Wildman–Crippen LogP) is 1.79. The third-order valence-corrected chi connectivity index (χ3v) is 3.96. The van der Waals surface area contributed by atoms with E-state index in [0.29, 0.717) is 19.4 Å². The van der Waals surface area contributed by atoms with Crippen LogP contribution in [0.4, 0.5) is 0 Å². The fourth-order valence-corrected chi connectivity index (χ4v) is 2.71. The fourth-order valence-electron chi connectivity index (χ4n) is 2.71. The van der Waals surface area contributed by atoms with E-state index in [2.05, 4.69) is 10.4 Å². The van der Waals surface area contributed by atoms with Gasteiger partial charge in [-0.1, -0.05) is 18.2 Å². The molecule has 0 atom stereocenters. The van der Waals surface area contributed by atoms with Crippen LogP contribution in [0.5, 0.6) is 0 Å². The molecule has 0 radical (unpaired) electrons. The highest BCUT2D eigenvalue weighted by Crippen LogP contribution is 2.29. The molecule has 0 spiro atoms. The van der Waals surface area contributed by atoms with Gasteiger partial charge in [-0.05, 0) is 37.8 Å². The minimum Gasteiger partial charge on any atom is -0.380 e. The number of hydrogen-bond donors (Lipinski definition) is 2. The maximum absolute atomic E-state index is 12.0. The van der Waals surface area contributed by atoms with Crippen molar-refractivity contribution in [1.82, 2.24) is 15.1 Å². The quantitative estimate of drug-likeness (QED) is 0.900. The molecule has 1 aromatic heterocycles. The third kappa shape index (κ3) is 2.97. The maximum Gasteiger partial charge on any atom is 0.252 e. The van der Waals surface area contributed by atoms with Crippen LogP contribution in [-0.4, -0.2) is 26.4 Å². The summed E-state index contributed by atoms with van der Waals surface area (Å²) in [6.07, 6.45) is 6.55. The van der Waals surface area contributed by atoms with Gasteiger partial charge in [-0.3, -0.25) is 4.79 Å². The monoisotopic (exact) mass is 285 g/mol. The molecule has 1 amide bonds. The number of nitrogens with zero attached hydrogens (tertiary/aromatic N) is 2. The zero-order valence-corrected chi connectivity index (χ0v) is 11.8. The van der Waals surface area contributed by atoms with Crippen molar-refractivity contribution in [2.24, 2.45) is 0 Å². The van der Waals surface area contributed by atoms with Gasteiger partial charge in [0, 0.05) is 18.3 Å². The lowest BCUT2D eigenvalue weighted by molar-refractivity contribution is -0.139. The molecule has 5 heteroatoms. The normalized spacial score (nSPS) is 16.8. The molecule has 110 valence electrons. The first-order chi connectivity index (χ1) is 10.2. The first-order valence-corrected chi connectivity index (χ1v) is 7.27. The Kier molecular flexibility index (Phi) is 3.75. The summed E-state index contributed by atoms with van der Waals surface area (Å²) in [7, 11) is 0. The molecule has 0 unspecified atom stereocenters. The van der Waals surface area contributed by atoms with E-state index < -0.39 is 5.60 Å². The Hall–Kier alpha value is -2.14. The molecule has 1 aromatic carbocycles. The van der Waals surface area contributed by atoms with Crippen LogP contribution in [0.25, 0.3) is 5.69 Å². The largest absolute Gasteiger partial charge is 0.380 e. The smallest absolute Gasteiger partial charge is 0.252 e. The number of para-hydroxylation sites is 1. The summed E-state index contributed by atoms with van der Waals surface area (Å²) in [5.41, 5.74) is 0.716. The van der Waals surface area contributed by atoms with Crippen LogP contribution in [0.3, 0.4) is 0 Å². The van der Waals surface area contributed by atoms with Crippen molar-refractivity contribution in [1.29, 1.82) is 0 Å². The van der Waals surface area contributed by atoms with Crippen LogP contribution in [0.15, 0.2) is 42.7 Å². The summed E-state index contributed by atoms with van der Waals surface area (Å²) in [6, 6.07) is 9.80. The highest BCUT2D eigenvalue weighted by molar-refractivity contribution is 5.85. The van der Waals surface area contributed by atoms with Gasteiger partial charge in [0.25, 0.3) is 5.91 Å². The average molecular weight is 285 g/mol. The third-order valence-electron chi connectivity index (χ3n) is 3.96. The van der Waals surface area contributed by atoms with Crippen molar-refractivity contribution >= 4 is 5.91 Å². The highest BCUT2D eigenvalue weighted by atomic mass is 16.3.